The number of rotatable bonds is 5. The largest absolute Gasteiger partial charge is 0.465 e. The molecule has 1 aromatic heterocycles. The second kappa shape index (κ2) is 7.56. The molecule has 2 aromatic rings. The molecule has 0 spiro atoms. The minimum atomic E-state index is -0.304. The van der Waals surface area contributed by atoms with Crippen molar-refractivity contribution in [3.8, 4) is 0 Å². The summed E-state index contributed by atoms with van der Waals surface area (Å²) >= 11 is 6.75. The number of thiophene rings is 1. The van der Waals surface area contributed by atoms with Crippen molar-refractivity contribution in [2.75, 3.05) is 12.4 Å². The van der Waals surface area contributed by atoms with E-state index in [-0.39, 0.29) is 5.97 Å². The summed E-state index contributed by atoms with van der Waals surface area (Å²) in [4.78, 5) is 12.2. The van der Waals surface area contributed by atoms with Crippen LogP contribution in [-0.4, -0.2) is 24.2 Å². The third kappa shape index (κ3) is 4.18. The molecule has 0 aliphatic rings. The number of benzene rings is 1. The van der Waals surface area contributed by atoms with Crippen molar-refractivity contribution >= 4 is 50.4 Å². The van der Waals surface area contributed by atoms with Gasteiger partial charge in [0.2, 0.25) is 0 Å². The molecule has 0 saturated heterocycles. The highest BCUT2D eigenvalue weighted by molar-refractivity contribution is 7.80. The van der Waals surface area contributed by atoms with Crippen molar-refractivity contribution in [1.29, 1.82) is 0 Å². The molecular weight excluding hydrogens is 316 g/mol. The van der Waals surface area contributed by atoms with Gasteiger partial charge in [0.1, 0.15) is 4.88 Å². The van der Waals surface area contributed by atoms with Crippen LogP contribution in [-0.2, 0) is 4.74 Å². The second-order valence-electron chi connectivity index (χ2n) is 5.14. The molecule has 0 saturated carbocycles. The van der Waals surface area contributed by atoms with E-state index >= 15 is 0 Å². The highest BCUT2D eigenvalue weighted by Crippen LogP contribution is 2.28. The van der Waals surface area contributed by atoms with E-state index in [1.165, 1.54) is 18.4 Å². The number of esters is 1. The molecule has 0 radical (unpaired) electrons. The Bertz CT molecular complexity index is 682. The molecule has 0 amide bonds. The Morgan fingerprint density at radius 2 is 2.18 bits per heavy atom. The third-order valence-electron chi connectivity index (χ3n) is 3.26. The molecule has 1 aromatic carbocycles. The zero-order chi connectivity index (χ0) is 16.1. The quantitative estimate of drug-likeness (QED) is 0.634. The summed E-state index contributed by atoms with van der Waals surface area (Å²) in [5.74, 6) is -0.304. The first kappa shape index (κ1) is 16.7. The minimum absolute atomic E-state index is 0.304. The topological polar surface area (TPSA) is 50.4 Å². The van der Waals surface area contributed by atoms with Crippen molar-refractivity contribution in [2.45, 2.75) is 32.7 Å². The summed E-state index contributed by atoms with van der Waals surface area (Å²) in [6, 6.07) is 8.11. The van der Waals surface area contributed by atoms with E-state index in [4.69, 9.17) is 17.0 Å². The van der Waals surface area contributed by atoms with Gasteiger partial charge in [0.25, 0.3) is 0 Å². The van der Waals surface area contributed by atoms with Crippen LogP contribution in [0.1, 0.15) is 36.4 Å². The molecule has 0 bridgehead atoms. The Kier molecular flexibility index (Phi) is 5.74. The van der Waals surface area contributed by atoms with Crippen LogP contribution in [0.15, 0.2) is 24.3 Å². The number of hydrogen-bond acceptors (Lipinski definition) is 4. The van der Waals surface area contributed by atoms with E-state index in [2.05, 4.69) is 24.5 Å². The number of hydrogen-bond donors (Lipinski definition) is 2. The van der Waals surface area contributed by atoms with Crippen LogP contribution in [0.2, 0.25) is 0 Å². The van der Waals surface area contributed by atoms with Crippen molar-refractivity contribution in [2.24, 2.45) is 0 Å². The Hall–Kier alpha value is -1.66. The third-order valence-corrected chi connectivity index (χ3v) is 4.58. The average molecular weight is 336 g/mol. The lowest BCUT2D eigenvalue weighted by atomic mass is 10.2. The molecule has 118 valence electrons. The van der Waals surface area contributed by atoms with Gasteiger partial charge >= 0.3 is 5.97 Å². The van der Waals surface area contributed by atoms with Crippen LogP contribution < -0.4 is 10.6 Å². The number of carbonyl (C=O) groups is 1. The van der Waals surface area contributed by atoms with Gasteiger partial charge in [-0.15, -0.1) is 11.3 Å². The summed E-state index contributed by atoms with van der Waals surface area (Å²) < 4.78 is 5.80. The summed E-state index contributed by atoms with van der Waals surface area (Å²) in [6.07, 6.45) is 2.20. The lowest BCUT2D eigenvalue weighted by Crippen LogP contribution is -2.35. The molecule has 1 unspecified atom stereocenters. The first-order valence-electron chi connectivity index (χ1n) is 7.23. The predicted molar refractivity (Wildman–Crippen MR) is 96.9 cm³/mol. The summed E-state index contributed by atoms with van der Waals surface area (Å²) in [5.41, 5.74) is 0.905. The van der Waals surface area contributed by atoms with Crippen molar-refractivity contribution in [1.82, 2.24) is 5.32 Å². The Balaban J connectivity index is 2.09. The Morgan fingerprint density at radius 3 is 2.86 bits per heavy atom. The number of anilines is 1. The molecular formula is C16H20N2O2S2. The first-order chi connectivity index (χ1) is 10.5. The van der Waals surface area contributed by atoms with E-state index in [1.807, 2.05) is 24.3 Å². The lowest BCUT2D eigenvalue weighted by molar-refractivity contribution is 0.0606. The maximum atomic E-state index is 11.6. The maximum absolute atomic E-state index is 11.6. The minimum Gasteiger partial charge on any atom is -0.465 e. The molecule has 6 heteroatoms. The monoisotopic (exact) mass is 336 g/mol. The van der Waals surface area contributed by atoms with Crippen LogP contribution in [0.25, 0.3) is 10.1 Å². The highest BCUT2D eigenvalue weighted by atomic mass is 32.1. The standard InChI is InChI=1S/C16H20N2O2S2/c1-4-5-10(2)17-16(21)18-12-6-7-13-11(8-12)9-14(22-13)15(19)20-3/h6-10H,4-5H2,1-3H3,(H2,17,18,21). The van der Waals surface area contributed by atoms with Gasteiger partial charge in [-0.25, -0.2) is 4.79 Å². The number of methoxy groups -OCH3 is 1. The van der Waals surface area contributed by atoms with Gasteiger partial charge in [0, 0.05) is 16.4 Å². The maximum Gasteiger partial charge on any atom is 0.348 e. The predicted octanol–water partition coefficient (Wildman–Crippen LogP) is 4.16. The molecule has 0 fully saturated rings. The number of fused-ring (bicyclic) bond motifs is 1. The van der Waals surface area contributed by atoms with Gasteiger partial charge in [-0.1, -0.05) is 13.3 Å². The molecule has 1 atom stereocenters. The van der Waals surface area contributed by atoms with Crippen molar-refractivity contribution < 1.29 is 9.53 Å². The van der Waals surface area contributed by atoms with Crippen LogP contribution in [0, 0.1) is 0 Å². The van der Waals surface area contributed by atoms with E-state index in [9.17, 15) is 4.79 Å². The van der Waals surface area contributed by atoms with Crippen molar-refractivity contribution in [3.63, 3.8) is 0 Å². The van der Waals surface area contributed by atoms with Crippen LogP contribution in [0.4, 0.5) is 5.69 Å². The van der Waals surface area contributed by atoms with E-state index in [0.717, 1.165) is 28.6 Å². The Labute approximate surface area is 139 Å². The van der Waals surface area contributed by atoms with Gasteiger partial charge in [-0.2, -0.15) is 0 Å². The lowest BCUT2D eigenvalue weighted by Gasteiger charge is -2.16. The SMILES string of the molecule is CCCC(C)NC(=S)Nc1ccc2sc(C(=O)OC)cc2c1. The molecule has 1 heterocycles. The molecule has 0 aliphatic carbocycles. The average Bonchev–Trinajstić information content (AvgIpc) is 2.89. The zero-order valence-electron chi connectivity index (χ0n) is 12.9. The smallest absolute Gasteiger partial charge is 0.348 e. The fraction of sp³-hybridized carbons (Fsp3) is 0.375. The highest BCUT2D eigenvalue weighted by Gasteiger charge is 2.11. The van der Waals surface area contributed by atoms with Gasteiger partial charge < -0.3 is 15.4 Å². The van der Waals surface area contributed by atoms with Gasteiger partial charge in [0.15, 0.2) is 5.11 Å². The van der Waals surface area contributed by atoms with Crippen LogP contribution in [0.5, 0.6) is 0 Å². The Morgan fingerprint density at radius 1 is 1.41 bits per heavy atom. The molecule has 2 rings (SSSR count). The van der Waals surface area contributed by atoms with E-state index in [1.54, 1.807) is 0 Å². The van der Waals surface area contributed by atoms with Crippen LogP contribution in [0.3, 0.4) is 0 Å². The summed E-state index contributed by atoms with van der Waals surface area (Å²) in [7, 11) is 1.39. The van der Waals surface area contributed by atoms with E-state index in [0.29, 0.717) is 16.0 Å². The number of carbonyl (C=O) groups excluding carboxylic acids is 1. The number of ether oxygens (including phenoxy) is 1. The van der Waals surface area contributed by atoms with E-state index < -0.39 is 0 Å². The van der Waals surface area contributed by atoms with Gasteiger partial charge in [-0.3, -0.25) is 0 Å². The fourth-order valence-corrected chi connectivity index (χ4v) is 3.50. The second-order valence-corrected chi connectivity index (χ2v) is 6.64. The summed E-state index contributed by atoms with van der Waals surface area (Å²) in [6.45, 7) is 4.26. The number of thiocarbonyl (C=S) groups is 1. The van der Waals surface area contributed by atoms with Gasteiger partial charge in [-0.05, 0) is 55.2 Å². The molecule has 22 heavy (non-hydrogen) atoms. The van der Waals surface area contributed by atoms with Crippen molar-refractivity contribution in [3.05, 3.63) is 29.1 Å². The van der Waals surface area contributed by atoms with Crippen LogP contribution >= 0.6 is 23.6 Å². The molecule has 4 nitrogen and oxygen atoms in total. The first-order valence-corrected chi connectivity index (χ1v) is 8.45. The summed E-state index contributed by atoms with van der Waals surface area (Å²) in [5, 5.41) is 8.06. The molecule has 0 aliphatic heterocycles. The fourth-order valence-electron chi connectivity index (χ4n) is 2.22. The zero-order valence-corrected chi connectivity index (χ0v) is 14.6. The van der Waals surface area contributed by atoms with Gasteiger partial charge in [0.05, 0.1) is 7.11 Å². The normalized spacial score (nSPS) is 12.0. The molecule has 2 N–H and O–H groups in total. The number of nitrogens with one attached hydrogen (secondary N) is 2.